The molecule has 0 saturated heterocycles. The normalized spacial score (nSPS) is 10.7. The number of ether oxygens (including phenoxy) is 1. The Balaban J connectivity index is 1.86. The van der Waals surface area contributed by atoms with Gasteiger partial charge in [0.2, 0.25) is 0 Å². The first kappa shape index (κ1) is 20.6. The third kappa shape index (κ3) is 4.85. The maximum Gasteiger partial charge on any atom is 0.258 e. The Bertz CT molecular complexity index is 971. The molecule has 0 unspecified atom stereocenters. The maximum atomic E-state index is 12.6. The molecule has 1 heterocycles. The first-order valence-electron chi connectivity index (χ1n) is 9.01. The van der Waals surface area contributed by atoms with Crippen LogP contribution in [0.1, 0.15) is 35.5 Å². The molecule has 7 heteroatoms. The lowest BCUT2D eigenvalue weighted by molar-refractivity contribution is 0.102. The van der Waals surface area contributed by atoms with E-state index in [2.05, 4.69) is 17.2 Å². The zero-order chi connectivity index (χ0) is 20.1. The minimum Gasteiger partial charge on any atom is -0.494 e. The molecule has 0 radical (unpaired) electrons. The standard InChI is InChI=1S/C21H20Cl2N2O2S/c1-3-5-18-19(13-6-9-15(10-7-13)27-4-2)24-21(28-18)25-20(26)16-11-8-14(22)12-17(16)23/h6-12H,3-5H2,1-2H3,(H,24,25,26). The lowest BCUT2D eigenvalue weighted by Crippen LogP contribution is -2.12. The van der Waals surface area contributed by atoms with Crippen molar-refractivity contribution in [2.45, 2.75) is 26.7 Å². The average Bonchev–Trinajstić information content (AvgIpc) is 3.05. The molecule has 3 aromatic rings. The fourth-order valence-electron chi connectivity index (χ4n) is 2.74. The van der Waals surface area contributed by atoms with Gasteiger partial charge in [0, 0.05) is 15.5 Å². The summed E-state index contributed by atoms with van der Waals surface area (Å²) >= 11 is 13.5. The van der Waals surface area contributed by atoms with Gasteiger partial charge >= 0.3 is 0 Å². The van der Waals surface area contributed by atoms with Crippen LogP contribution in [0.3, 0.4) is 0 Å². The van der Waals surface area contributed by atoms with E-state index in [1.54, 1.807) is 18.2 Å². The number of benzene rings is 2. The van der Waals surface area contributed by atoms with Crippen molar-refractivity contribution in [1.82, 2.24) is 4.98 Å². The van der Waals surface area contributed by atoms with Crippen LogP contribution in [0.15, 0.2) is 42.5 Å². The van der Waals surface area contributed by atoms with E-state index in [0.717, 1.165) is 34.7 Å². The SMILES string of the molecule is CCCc1sc(NC(=O)c2ccc(Cl)cc2Cl)nc1-c1ccc(OCC)cc1. The van der Waals surface area contributed by atoms with Crippen molar-refractivity contribution >= 4 is 45.6 Å². The number of nitrogens with zero attached hydrogens (tertiary/aromatic N) is 1. The number of aryl methyl sites for hydroxylation is 1. The smallest absolute Gasteiger partial charge is 0.258 e. The van der Waals surface area contributed by atoms with Gasteiger partial charge in [-0.25, -0.2) is 4.98 Å². The molecular formula is C21H20Cl2N2O2S. The van der Waals surface area contributed by atoms with E-state index in [1.165, 1.54) is 11.3 Å². The Kier molecular flexibility index (Phi) is 6.94. The lowest BCUT2D eigenvalue weighted by atomic mass is 10.1. The van der Waals surface area contributed by atoms with Crippen molar-refractivity contribution in [2.75, 3.05) is 11.9 Å². The number of halogens is 2. The molecule has 0 fully saturated rings. The van der Waals surface area contributed by atoms with E-state index >= 15 is 0 Å². The quantitative estimate of drug-likeness (QED) is 0.448. The number of thiazole rings is 1. The van der Waals surface area contributed by atoms with Crippen LogP contribution in [-0.2, 0) is 6.42 Å². The Morgan fingerprint density at radius 1 is 1.14 bits per heavy atom. The lowest BCUT2D eigenvalue weighted by Gasteiger charge is -2.05. The van der Waals surface area contributed by atoms with E-state index in [1.807, 2.05) is 31.2 Å². The van der Waals surface area contributed by atoms with Gasteiger partial charge in [0.15, 0.2) is 5.13 Å². The molecule has 1 N–H and O–H groups in total. The highest BCUT2D eigenvalue weighted by Gasteiger charge is 2.17. The van der Waals surface area contributed by atoms with E-state index in [9.17, 15) is 4.79 Å². The van der Waals surface area contributed by atoms with Crippen molar-refractivity contribution in [3.8, 4) is 17.0 Å². The van der Waals surface area contributed by atoms with E-state index in [4.69, 9.17) is 27.9 Å². The summed E-state index contributed by atoms with van der Waals surface area (Å²) < 4.78 is 5.50. The zero-order valence-corrected chi connectivity index (χ0v) is 17.9. The van der Waals surface area contributed by atoms with Crippen LogP contribution >= 0.6 is 34.5 Å². The number of hydrogen-bond donors (Lipinski definition) is 1. The highest BCUT2D eigenvalue weighted by Crippen LogP contribution is 2.33. The monoisotopic (exact) mass is 434 g/mol. The Labute approximate surface area is 178 Å². The Morgan fingerprint density at radius 2 is 1.89 bits per heavy atom. The van der Waals surface area contributed by atoms with Crippen LogP contribution in [-0.4, -0.2) is 17.5 Å². The molecule has 0 aliphatic heterocycles. The number of amides is 1. The molecule has 2 aromatic carbocycles. The molecule has 4 nitrogen and oxygen atoms in total. The van der Waals surface area contributed by atoms with Crippen LogP contribution in [0.4, 0.5) is 5.13 Å². The summed E-state index contributed by atoms with van der Waals surface area (Å²) in [4.78, 5) is 18.4. The number of carbonyl (C=O) groups excluding carboxylic acids is 1. The largest absolute Gasteiger partial charge is 0.494 e. The maximum absolute atomic E-state index is 12.6. The average molecular weight is 435 g/mol. The van der Waals surface area contributed by atoms with Gasteiger partial charge in [-0.2, -0.15) is 0 Å². The van der Waals surface area contributed by atoms with Gasteiger partial charge in [0.1, 0.15) is 5.75 Å². The summed E-state index contributed by atoms with van der Waals surface area (Å²) in [7, 11) is 0. The molecule has 0 saturated carbocycles. The van der Waals surface area contributed by atoms with Gasteiger partial charge in [-0.3, -0.25) is 10.1 Å². The van der Waals surface area contributed by atoms with Gasteiger partial charge < -0.3 is 4.74 Å². The molecule has 28 heavy (non-hydrogen) atoms. The highest BCUT2D eigenvalue weighted by atomic mass is 35.5. The van der Waals surface area contributed by atoms with Crippen LogP contribution in [0.25, 0.3) is 11.3 Å². The highest BCUT2D eigenvalue weighted by molar-refractivity contribution is 7.16. The van der Waals surface area contributed by atoms with Crippen molar-refractivity contribution in [3.05, 3.63) is 63.0 Å². The predicted octanol–water partition coefficient (Wildman–Crippen LogP) is 6.72. The van der Waals surface area contributed by atoms with Crippen molar-refractivity contribution in [1.29, 1.82) is 0 Å². The number of anilines is 1. The second-order valence-corrected chi connectivity index (χ2v) is 8.00. The molecular weight excluding hydrogens is 415 g/mol. The molecule has 0 spiro atoms. The van der Waals surface area contributed by atoms with E-state index < -0.39 is 0 Å². The summed E-state index contributed by atoms with van der Waals surface area (Å²) in [5.74, 6) is 0.515. The fraction of sp³-hybridized carbons (Fsp3) is 0.238. The second-order valence-electron chi connectivity index (χ2n) is 6.08. The second kappa shape index (κ2) is 9.41. The summed E-state index contributed by atoms with van der Waals surface area (Å²) in [6.45, 7) is 4.70. The Hall–Kier alpha value is -2.08. The summed E-state index contributed by atoms with van der Waals surface area (Å²) in [6, 6.07) is 12.6. The van der Waals surface area contributed by atoms with Crippen molar-refractivity contribution in [2.24, 2.45) is 0 Å². The van der Waals surface area contributed by atoms with Crippen molar-refractivity contribution in [3.63, 3.8) is 0 Å². The van der Waals surface area contributed by atoms with Crippen molar-refractivity contribution < 1.29 is 9.53 Å². The number of nitrogens with one attached hydrogen (secondary N) is 1. The summed E-state index contributed by atoms with van der Waals surface area (Å²) in [6.07, 6.45) is 1.88. The summed E-state index contributed by atoms with van der Waals surface area (Å²) in [5, 5.41) is 4.19. The first-order chi connectivity index (χ1) is 13.5. The van der Waals surface area contributed by atoms with Gasteiger partial charge in [-0.1, -0.05) is 36.5 Å². The minimum absolute atomic E-state index is 0.307. The minimum atomic E-state index is -0.309. The van der Waals surface area contributed by atoms with E-state index in [0.29, 0.717) is 27.3 Å². The molecule has 1 aromatic heterocycles. The van der Waals surface area contributed by atoms with E-state index in [-0.39, 0.29) is 5.91 Å². The molecule has 146 valence electrons. The van der Waals surface area contributed by atoms with Crippen LogP contribution in [0.2, 0.25) is 10.0 Å². The van der Waals surface area contributed by atoms with Crippen LogP contribution < -0.4 is 10.1 Å². The Morgan fingerprint density at radius 3 is 2.54 bits per heavy atom. The van der Waals surface area contributed by atoms with Gasteiger partial charge in [0.25, 0.3) is 5.91 Å². The molecule has 3 rings (SSSR count). The topological polar surface area (TPSA) is 51.2 Å². The van der Waals surface area contributed by atoms with Gasteiger partial charge in [-0.15, -0.1) is 11.3 Å². The number of aromatic nitrogens is 1. The zero-order valence-electron chi connectivity index (χ0n) is 15.6. The molecule has 0 aliphatic carbocycles. The molecule has 0 bridgehead atoms. The third-order valence-corrected chi connectivity index (χ3v) is 5.59. The number of rotatable bonds is 7. The fourth-order valence-corrected chi connectivity index (χ4v) is 4.32. The number of hydrogen-bond acceptors (Lipinski definition) is 4. The molecule has 1 amide bonds. The third-order valence-electron chi connectivity index (χ3n) is 4.01. The molecule has 0 atom stereocenters. The first-order valence-corrected chi connectivity index (χ1v) is 10.6. The van der Waals surface area contributed by atoms with Gasteiger partial charge in [-0.05, 0) is 55.8 Å². The molecule has 0 aliphatic rings. The van der Waals surface area contributed by atoms with Gasteiger partial charge in [0.05, 0.1) is 22.9 Å². The van der Waals surface area contributed by atoms with Crippen LogP contribution in [0.5, 0.6) is 5.75 Å². The number of carbonyl (C=O) groups is 1. The predicted molar refractivity (Wildman–Crippen MR) is 117 cm³/mol. The van der Waals surface area contributed by atoms with Crippen LogP contribution in [0, 0.1) is 0 Å². The summed E-state index contributed by atoms with van der Waals surface area (Å²) in [5.41, 5.74) is 2.24.